The summed E-state index contributed by atoms with van der Waals surface area (Å²) < 4.78 is 35.7. The molecule has 3 N–H and O–H groups in total. The van der Waals surface area contributed by atoms with Gasteiger partial charge in [-0.25, -0.2) is 23.7 Å². The first-order valence-corrected chi connectivity index (χ1v) is 12.1. The van der Waals surface area contributed by atoms with E-state index in [1.165, 1.54) is 18.2 Å². The number of ether oxygens (including phenoxy) is 1. The number of hydrogen-bond acceptors (Lipinski definition) is 7. The lowest BCUT2D eigenvalue weighted by molar-refractivity contribution is -0.119. The largest absolute Gasteiger partial charge is 0.485 e. The molecular weight excluding hydrogens is 494 g/mol. The molecule has 0 spiro atoms. The van der Waals surface area contributed by atoms with Crippen molar-refractivity contribution in [2.45, 2.75) is 52.2 Å². The molecule has 0 saturated carbocycles. The number of benzene rings is 1. The van der Waals surface area contributed by atoms with Gasteiger partial charge < -0.3 is 20.5 Å². The Hall–Kier alpha value is -4.12. The van der Waals surface area contributed by atoms with Crippen molar-refractivity contribution in [3.8, 4) is 17.3 Å². The van der Waals surface area contributed by atoms with Crippen LogP contribution in [0.3, 0.4) is 0 Å². The van der Waals surface area contributed by atoms with Crippen LogP contribution in [0.5, 0.6) is 5.75 Å². The number of aromatic nitrogens is 4. The van der Waals surface area contributed by atoms with E-state index in [0.717, 1.165) is 0 Å². The summed E-state index contributed by atoms with van der Waals surface area (Å²) in [4.78, 5) is 26.8. The van der Waals surface area contributed by atoms with Crippen LogP contribution in [-0.4, -0.2) is 42.5 Å². The Kier molecular flexibility index (Phi) is 6.06. The van der Waals surface area contributed by atoms with Gasteiger partial charge in [-0.05, 0) is 58.9 Å². The fourth-order valence-corrected chi connectivity index (χ4v) is 4.41. The van der Waals surface area contributed by atoms with Gasteiger partial charge in [-0.1, -0.05) is 6.07 Å². The van der Waals surface area contributed by atoms with Gasteiger partial charge in [-0.15, -0.1) is 0 Å². The van der Waals surface area contributed by atoms with E-state index in [9.17, 15) is 18.7 Å². The Morgan fingerprint density at radius 2 is 1.84 bits per heavy atom. The molecule has 198 valence electrons. The van der Waals surface area contributed by atoms with Gasteiger partial charge in [0.05, 0.1) is 27.8 Å². The lowest BCUT2D eigenvalue weighted by Crippen LogP contribution is -2.32. The van der Waals surface area contributed by atoms with E-state index in [4.69, 9.17) is 9.72 Å². The molecule has 5 rings (SSSR count). The quantitative estimate of drug-likeness (QED) is 0.330. The van der Waals surface area contributed by atoms with Crippen molar-refractivity contribution in [2.24, 2.45) is 0 Å². The van der Waals surface area contributed by atoms with Crippen LogP contribution >= 0.6 is 0 Å². The highest BCUT2D eigenvalue weighted by atomic mass is 19.1. The zero-order valence-electron chi connectivity index (χ0n) is 21.7. The molecule has 1 aliphatic heterocycles. The molecule has 0 radical (unpaired) electrons. The maximum atomic E-state index is 14.1. The number of rotatable bonds is 7. The molecule has 0 bridgehead atoms. The molecule has 9 nitrogen and oxygen atoms in total. The molecular formula is C27H28F2N6O3. The number of halogens is 2. The molecule has 4 heterocycles. The van der Waals surface area contributed by atoms with E-state index in [0.29, 0.717) is 45.8 Å². The minimum Gasteiger partial charge on any atom is -0.485 e. The van der Waals surface area contributed by atoms with Gasteiger partial charge in [-0.2, -0.15) is 0 Å². The fraction of sp³-hybridized carbons (Fsp3) is 0.333. The topological polar surface area (TPSA) is 114 Å². The van der Waals surface area contributed by atoms with E-state index in [-0.39, 0.29) is 24.6 Å². The highest BCUT2D eigenvalue weighted by Gasteiger charge is 2.43. The molecule has 38 heavy (non-hydrogen) atoms. The van der Waals surface area contributed by atoms with Crippen molar-refractivity contribution < 1.29 is 23.4 Å². The van der Waals surface area contributed by atoms with Crippen molar-refractivity contribution in [3.05, 3.63) is 65.0 Å². The van der Waals surface area contributed by atoms with E-state index >= 15 is 0 Å². The van der Waals surface area contributed by atoms with Crippen LogP contribution in [-0.2, 0) is 16.8 Å². The highest BCUT2D eigenvalue weighted by molar-refractivity contribution is 6.06. The zero-order chi connectivity index (χ0) is 27.4. The van der Waals surface area contributed by atoms with Crippen molar-refractivity contribution in [3.63, 3.8) is 0 Å². The predicted molar refractivity (Wildman–Crippen MR) is 138 cm³/mol. The summed E-state index contributed by atoms with van der Waals surface area (Å²) in [6.07, 6.45) is 1.75. The molecule has 3 aromatic heterocycles. The number of carbonyl (C=O) groups excluding carboxylic acids is 1. The average Bonchev–Trinajstić information content (AvgIpc) is 3.29. The number of aliphatic hydroxyl groups is 1. The van der Waals surface area contributed by atoms with Gasteiger partial charge in [0.1, 0.15) is 35.6 Å². The number of carbonyl (C=O) groups is 1. The Labute approximate surface area is 217 Å². The molecule has 11 heteroatoms. The van der Waals surface area contributed by atoms with E-state index in [1.807, 2.05) is 0 Å². The molecule has 4 aromatic rings. The van der Waals surface area contributed by atoms with Gasteiger partial charge in [-0.3, -0.25) is 9.20 Å². The first-order valence-electron chi connectivity index (χ1n) is 12.1. The molecule has 1 amide bonds. The number of aryl methyl sites for hydroxylation is 1. The van der Waals surface area contributed by atoms with Gasteiger partial charge >= 0.3 is 0 Å². The Balaban J connectivity index is 1.58. The lowest BCUT2D eigenvalue weighted by Gasteiger charge is -2.23. The number of nitrogens with zero attached hydrogens (tertiary/aromatic N) is 4. The van der Waals surface area contributed by atoms with Gasteiger partial charge in [0.2, 0.25) is 5.91 Å². The molecule has 0 unspecified atom stereocenters. The summed E-state index contributed by atoms with van der Waals surface area (Å²) in [7, 11) is 0. The average molecular weight is 523 g/mol. The third-order valence-electron chi connectivity index (χ3n) is 6.46. The molecule has 0 saturated heterocycles. The van der Waals surface area contributed by atoms with E-state index < -0.39 is 22.7 Å². The maximum Gasteiger partial charge on any atom is 0.235 e. The Morgan fingerprint density at radius 1 is 1.13 bits per heavy atom. The van der Waals surface area contributed by atoms with Crippen molar-refractivity contribution in [1.82, 2.24) is 19.4 Å². The second kappa shape index (κ2) is 9.02. The van der Waals surface area contributed by atoms with Crippen LogP contribution < -0.4 is 15.4 Å². The molecule has 0 fully saturated rings. The minimum atomic E-state index is -1.03. The number of fused-ring (bicyclic) bond motifs is 2. The Morgan fingerprint density at radius 3 is 2.53 bits per heavy atom. The summed E-state index contributed by atoms with van der Waals surface area (Å²) in [6, 6.07) is 7.02. The van der Waals surface area contributed by atoms with E-state index in [2.05, 4.69) is 20.6 Å². The number of amides is 1. The molecule has 0 atom stereocenters. The van der Waals surface area contributed by atoms with Crippen LogP contribution in [0.2, 0.25) is 0 Å². The number of hydrogen-bond donors (Lipinski definition) is 3. The predicted octanol–water partition coefficient (Wildman–Crippen LogP) is 4.37. The number of anilines is 2. The summed E-state index contributed by atoms with van der Waals surface area (Å²) in [5.41, 5.74) is 0.0647. The minimum absolute atomic E-state index is 0.180. The number of imidazole rings is 1. The molecule has 0 aliphatic carbocycles. The lowest BCUT2D eigenvalue weighted by atomic mass is 9.87. The van der Waals surface area contributed by atoms with Gasteiger partial charge in [0.25, 0.3) is 0 Å². The van der Waals surface area contributed by atoms with E-state index in [1.54, 1.807) is 57.3 Å². The SMILES string of the molecule is Cc1nc2c(OCc3c(F)cccc3F)cccn2c1-c1nc(NCC(C)(C)O)c2c(n1)NC(=O)C2(C)C. The smallest absolute Gasteiger partial charge is 0.235 e. The molecule has 1 aliphatic rings. The summed E-state index contributed by atoms with van der Waals surface area (Å²) in [5.74, 6) is -0.189. The van der Waals surface area contributed by atoms with Crippen molar-refractivity contribution in [2.75, 3.05) is 17.2 Å². The standard InChI is InChI=1S/C27H28F2N6O3/c1-14-20(23-32-21(30-13-26(2,3)37)19-22(33-23)34-25(36)27(19,4)5)35-11-7-10-18(24(35)31-14)38-12-15-16(28)8-6-9-17(15)29/h6-11,37H,12-13H2,1-5H3,(H2,30,32,33,34,36). The van der Waals surface area contributed by atoms with Crippen LogP contribution in [0.25, 0.3) is 17.2 Å². The first-order chi connectivity index (χ1) is 17.9. The number of nitrogens with one attached hydrogen (secondary N) is 2. The second-order valence-corrected chi connectivity index (χ2v) is 10.5. The second-order valence-electron chi connectivity index (χ2n) is 10.5. The van der Waals surface area contributed by atoms with Crippen molar-refractivity contribution >= 4 is 23.2 Å². The van der Waals surface area contributed by atoms with Crippen LogP contribution in [0, 0.1) is 18.6 Å². The zero-order valence-corrected chi connectivity index (χ0v) is 21.7. The van der Waals surface area contributed by atoms with Crippen LogP contribution in [0.1, 0.15) is 44.5 Å². The normalized spacial score (nSPS) is 14.5. The Bertz CT molecular complexity index is 1560. The summed E-state index contributed by atoms with van der Waals surface area (Å²) >= 11 is 0. The monoisotopic (exact) mass is 522 g/mol. The fourth-order valence-electron chi connectivity index (χ4n) is 4.41. The molecule has 1 aromatic carbocycles. The third-order valence-corrected chi connectivity index (χ3v) is 6.46. The highest BCUT2D eigenvalue weighted by Crippen LogP contribution is 2.42. The third kappa shape index (κ3) is 4.43. The van der Waals surface area contributed by atoms with Gasteiger partial charge in [0.15, 0.2) is 17.2 Å². The first kappa shape index (κ1) is 25.5. The summed E-state index contributed by atoms with van der Waals surface area (Å²) in [5, 5.41) is 16.3. The van der Waals surface area contributed by atoms with Crippen LogP contribution in [0.4, 0.5) is 20.4 Å². The van der Waals surface area contributed by atoms with Crippen molar-refractivity contribution in [1.29, 1.82) is 0 Å². The number of pyridine rings is 1. The van der Waals surface area contributed by atoms with Crippen LogP contribution in [0.15, 0.2) is 36.5 Å². The summed E-state index contributed by atoms with van der Waals surface area (Å²) in [6.45, 7) is 8.56. The van der Waals surface area contributed by atoms with Gasteiger partial charge in [0, 0.05) is 12.7 Å². The maximum absolute atomic E-state index is 14.1.